The molecule has 160 valence electrons. The Morgan fingerprint density at radius 3 is 2.48 bits per heavy atom. The van der Waals surface area contributed by atoms with Crippen LogP contribution in [0.5, 0.6) is 17.4 Å². The van der Waals surface area contributed by atoms with Crippen molar-refractivity contribution in [3.05, 3.63) is 70.5 Å². The summed E-state index contributed by atoms with van der Waals surface area (Å²) in [6, 6.07) is 14.0. The molecule has 1 fully saturated rings. The smallest absolute Gasteiger partial charge is 0.255 e. The largest absolute Gasteiger partial charge is 0.497 e. The second-order valence-corrected chi connectivity index (χ2v) is 7.74. The first kappa shape index (κ1) is 21.2. The molecular weight excluding hydrogens is 439 g/mol. The van der Waals surface area contributed by atoms with Gasteiger partial charge in [-0.05, 0) is 30.3 Å². The van der Waals surface area contributed by atoms with E-state index in [1.807, 2.05) is 18.2 Å². The van der Waals surface area contributed by atoms with Crippen molar-refractivity contribution in [3.8, 4) is 17.4 Å². The lowest BCUT2D eigenvalue weighted by Crippen LogP contribution is -2.49. The summed E-state index contributed by atoms with van der Waals surface area (Å²) in [4.78, 5) is 25.2. The zero-order chi connectivity index (χ0) is 21.8. The van der Waals surface area contributed by atoms with Gasteiger partial charge in [-0.2, -0.15) is 0 Å². The molecule has 1 aliphatic rings. The number of nitrogens with zero attached hydrogens (tertiary/aromatic N) is 4. The minimum absolute atomic E-state index is 0.106. The number of carbonyl (C=O) groups excluding carboxylic acids is 1. The highest BCUT2D eigenvalue weighted by Crippen LogP contribution is 2.27. The van der Waals surface area contributed by atoms with Gasteiger partial charge in [-0.15, -0.1) is 0 Å². The average Bonchev–Trinajstić information content (AvgIpc) is 2.79. The Balaban J connectivity index is 1.40. The van der Waals surface area contributed by atoms with Crippen LogP contribution in [0, 0.1) is 0 Å². The van der Waals surface area contributed by atoms with Gasteiger partial charge in [-0.25, -0.2) is 9.97 Å². The predicted octanol–water partition coefficient (Wildman–Crippen LogP) is 4.55. The second kappa shape index (κ2) is 9.41. The Kier molecular flexibility index (Phi) is 6.44. The summed E-state index contributed by atoms with van der Waals surface area (Å²) < 4.78 is 11.1. The standard InChI is InChI=1S/C22H20Cl2N4O3/c1-30-16-3-2-4-17(12-16)31-21-13-20(25-14-26-21)27-7-9-28(10-8-27)22(29)18-6-5-15(23)11-19(18)24/h2-6,11-14H,7-10H2,1H3. The van der Waals surface area contributed by atoms with Crippen molar-refractivity contribution in [3.63, 3.8) is 0 Å². The first-order chi connectivity index (χ1) is 15.0. The van der Waals surface area contributed by atoms with Crippen molar-refractivity contribution in [1.82, 2.24) is 14.9 Å². The number of methoxy groups -OCH3 is 1. The fourth-order valence-corrected chi connectivity index (χ4v) is 3.81. The quantitative estimate of drug-likeness (QED) is 0.558. The first-order valence-corrected chi connectivity index (χ1v) is 10.4. The molecule has 1 aromatic heterocycles. The van der Waals surface area contributed by atoms with Gasteiger partial charge in [0.25, 0.3) is 5.91 Å². The lowest BCUT2D eigenvalue weighted by atomic mass is 10.2. The van der Waals surface area contributed by atoms with Crippen LogP contribution in [0.15, 0.2) is 54.9 Å². The van der Waals surface area contributed by atoms with Crippen molar-refractivity contribution in [2.45, 2.75) is 0 Å². The number of ether oxygens (including phenoxy) is 2. The zero-order valence-electron chi connectivity index (χ0n) is 16.8. The Hall–Kier alpha value is -3.03. The molecule has 2 aromatic carbocycles. The zero-order valence-corrected chi connectivity index (χ0v) is 18.3. The molecule has 0 bridgehead atoms. The van der Waals surface area contributed by atoms with Crippen molar-refractivity contribution < 1.29 is 14.3 Å². The van der Waals surface area contributed by atoms with Crippen molar-refractivity contribution >= 4 is 34.9 Å². The summed E-state index contributed by atoms with van der Waals surface area (Å²) in [6.07, 6.45) is 1.47. The summed E-state index contributed by atoms with van der Waals surface area (Å²) in [7, 11) is 1.60. The molecule has 2 heterocycles. The lowest BCUT2D eigenvalue weighted by molar-refractivity contribution is 0.0746. The molecule has 0 radical (unpaired) electrons. The van der Waals surface area contributed by atoms with E-state index in [1.54, 1.807) is 42.3 Å². The van der Waals surface area contributed by atoms with Crippen molar-refractivity contribution in [1.29, 1.82) is 0 Å². The molecule has 7 nitrogen and oxygen atoms in total. The van der Waals surface area contributed by atoms with E-state index in [1.165, 1.54) is 6.33 Å². The van der Waals surface area contributed by atoms with Gasteiger partial charge in [0.1, 0.15) is 23.6 Å². The summed E-state index contributed by atoms with van der Waals surface area (Å²) in [6.45, 7) is 2.36. The van der Waals surface area contributed by atoms with E-state index in [9.17, 15) is 4.79 Å². The maximum atomic E-state index is 12.8. The van der Waals surface area contributed by atoms with Crippen LogP contribution in [0.3, 0.4) is 0 Å². The normalized spacial score (nSPS) is 13.8. The molecule has 0 aliphatic carbocycles. The third kappa shape index (κ3) is 5.00. The van der Waals surface area contributed by atoms with Crippen LogP contribution in [0.4, 0.5) is 5.82 Å². The highest BCUT2D eigenvalue weighted by Gasteiger charge is 2.24. The van der Waals surface area contributed by atoms with Crippen LogP contribution in [-0.2, 0) is 0 Å². The molecular formula is C22H20Cl2N4O3. The van der Waals surface area contributed by atoms with Gasteiger partial charge in [0.2, 0.25) is 5.88 Å². The Bertz CT molecular complexity index is 1090. The maximum absolute atomic E-state index is 12.8. The monoisotopic (exact) mass is 458 g/mol. The van der Waals surface area contributed by atoms with E-state index in [2.05, 4.69) is 14.9 Å². The molecule has 1 amide bonds. The molecule has 4 rings (SSSR count). The molecule has 0 saturated carbocycles. The van der Waals surface area contributed by atoms with Crippen LogP contribution in [-0.4, -0.2) is 54.1 Å². The minimum Gasteiger partial charge on any atom is -0.497 e. The van der Waals surface area contributed by atoms with Crippen LogP contribution in [0.1, 0.15) is 10.4 Å². The summed E-state index contributed by atoms with van der Waals surface area (Å²) in [5, 5.41) is 0.858. The van der Waals surface area contributed by atoms with E-state index in [0.717, 1.165) is 5.82 Å². The number of halogens is 2. The fourth-order valence-electron chi connectivity index (χ4n) is 3.32. The molecule has 0 atom stereocenters. The van der Waals surface area contributed by atoms with Gasteiger partial charge in [0.05, 0.1) is 17.7 Å². The number of amides is 1. The third-order valence-corrected chi connectivity index (χ3v) is 5.49. The van der Waals surface area contributed by atoms with Crippen LogP contribution >= 0.6 is 23.2 Å². The summed E-state index contributed by atoms with van der Waals surface area (Å²) >= 11 is 12.1. The number of hydrogen-bond acceptors (Lipinski definition) is 6. The van der Waals surface area contributed by atoms with Crippen LogP contribution < -0.4 is 14.4 Å². The Labute approximate surface area is 190 Å². The molecule has 31 heavy (non-hydrogen) atoms. The van der Waals surface area contributed by atoms with Gasteiger partial charge in [0, 0.05) is 43.3 Å². The average molecular weight is 459 g/mol. The molecule has 3 aromatic rings. The Morgan fingerprint density at radius 2 is 1.74 bits per heavy atom. The minimum atomic E-state index is -0.106. The van der Waals surface area contributed by atoms with E-state index in [4.69, 9.17) is 32.7 Å². The van der Waals surface area contributed by atoms with E-state index in [-0.39, 0.29) is 5.91 Å². The number of aromatic nitrogens is 2. The highest BCUT2D eigenvalue weighted by atomic mass is 35.5. The lowest BCUT2D eigenvalue weighted by Gasteiger charge is -2.35. The van der Waals surface area contributed by atoms with Crippen molar-refractivity contribution in [2.24, 2.45) is 0 Å². The number of hydrogen-bond donors (Lipinski definition) is 0. The summed E-state index contributed by atoms with van der Waals surface area (Å²) in [5.41, 5.74) is 0.454. The first-order valence-electron chi connectivity index (χ1n) is 9.67. The van der Waals surface area contributed by atoms with Crippen LogP contribution in [0.2, 0.25) is 10.0 Å². The SMILES string of the molecule is COc1cccc(Oc2cc(N3CCN(C(=O)c4ccc(Cl)cc4Cl)CC3)ncn2)c1. The predicted molar refractivity (Wildman–Crippen MR) is 120 cm³/mol. The van der Waals surface area contributed by atoms with Gasteiger partial charge in [-0.1, -0.05) is 29.3 Å². The molecule has 0 unspecified atom stereocenters. The molecule has 1 aliphatic heterocycles. The number of rotatable bonds is 5. The topological polar surface area (TPSA) is 67.8 Å². The highest BCUT2D eigenvalue weighted by molar-refractivity contribution is 6.36. The third-order valence-electron chi connectivity index (χ3n) is 4.94. The van der Waals surface area contributed by atoms with Gasteiger partial charge >= 0.3 is 0 Å². The van der Waals surface area contributed by atoms with Gasteiger partial charge in [-0.3, -0.25) is 4.79 Å². The Morgan fingerprint density at radius 1 is 0.968 bits per heavy atom. The van der Waals surface area contributed by atoms with E-state index in [0.29, 0.717) is 59.2 Å². The van der Waals surface area contributed by atoms with E-state index >= 15 is 0 Å². The molecule has 0 N–H and O–H groups in total. The van der Waals surface area contributed by atoms with Crippen molar-refractivity contribution in [2.75, 3.05) is 38.2 Å². The van der Waals surface area contributed by atoms with Gasteiger partial charge < -0.3 is 19.3 Å². The number of piperazine rings is 1. The summed E-state index contributed by atoms with van der Waals surface area (Å²) in [5.74, 6) is 2.40. The molecule has 9 heteroatoms. The number of carbonyl (C=O) groups is 1. The fraction of sp³-hybridized carbons (Fsp3) is 0.227. The van der Waals surface area contributed by atoms with Crippen LogP contribution in [0.25, 0.3) is 0 Å². The molecule has 0 spiro atoms. The molecule has 1 saturated heterocycles. The number of anilines is 1. The maximum Gasteiger partial charge on any atom is 0.255 e. The van der Waals surface area contributed by atoms with Gasteiger partial charge in [0.15, 0.2) is 0 Å². The number of benzene rings is 2. The second-order valence-electron chi connectivity index (χ2n) is 6.90. The van der Waals surface area contributed by atoms with E-state index < -0.39 is 0 Å².